The fraction of sp³-hybridized carbons (Fsp3) is 0.235. The van der Waals surface area contributed by atoms with E-state index in [1.165, 1.54) is 12.1 Å². The zero-order valence-electron chi connectivity index (χ0n) is 12.7. The van der Waals surface area contributed by atoms with Crippen molar-refractivity contribution in [3.05, 3.63) is 59.2 Å². The van der Waals surface area contributed by atoms with Gasteiger partial charge in [-0.15, -0.1) is 0 Å². The van der Waals surface area contributed by atoms with Crippen LogP contribution in [0.2, 0.25) is 0 Å². The highest BCUT2D eigenvalue weighted by molar-refractivity contribution is 5.94. The number of hydrogen-bond acceptors (Lipinski definition) is 4. The van der Waals surface area contributed by atoms with Gasteiger partial charge >= 0.3 is 6.61 Å². The van der Waals surface area contributed by atoms with E-state index >= 15 is 0 Å². The van der Waals surface area contributed by atoms with Gasteiger partial charge in [0.15, 0.2) is 0 Å². The van der Waals surface area contributed by atoms with Crippen LogP contribution in [0.5, 0.6) is 5.75 Å². The topological polar surface area (TPSA) is 61.8 Å². The first kappa shape index (κ1) is 16.2. The Morgan fingerprint density at radius 2 is 2.00 bits per heavy atom. The molecule has 0 radical (unpaired) electrons. The first-order valence-electron chi connectivity index (χ1n) is 7.43. The van der Waals surface area contributed by atoms with Gasteiger partial charge in [0.1, 0.15) is 5.75 Å². The summed E-state index contributed by atoms with van der Waals surface area (Å²) in [6.45, 7) is -1.45. The van der Waals surface area contributed by atoms with Crippen molar-refractivity contribution < 1.29 is 23.5 Å². The van der Waals surface area contributed by atoms with Gasteiger partial charge in [-0.1, -0.05) is 18.2 Å². The lowest BCUT2D eigenvalue weighted by molar-refractivity contribution is -0.0498. The first-order chi connectivity index (χ1) is 11.6. The van der Waals surface area contributed by atoms with E-state index in [0.717, 1.165) is 29.8 Å². The van der Waals surface area contributed by atoms with Crippen molar-refractivity contribution in [3.63, 3.8) is 0 Å². The second-order valence-corrected chi connectivity index (χ2v) is 5.48. The molecule has 0 aromatic heterocycles. The minimum absolute atomic E-state index is 0.123. The number of nitrogens with zero attached hydrogens (tertiary/aromatic N) is 1. The van der Waals surface area contributed by atoms with Crippen LogP contribution in [0.1, 0.15) is 21.5 Å². The van der Waals surface area contributed by atoms with Gasteiger partial charge in [0, 0.05) is 24.3 Å². The van der Waals surface area contributed by atoms with Gasteiger partial charge in [0.05, 0.1) is 0 Å². The molecule has 0 atom stereocenters. The highest BCUT2D eigenvalue weighted by Gasteiger charge is 2.21. The van der Waals surface area contributed by atoms with E-state index < -0.39 is 12.5 Å². The van der Waals surface area contributed by atoms with Crippen LogP contribution in [0.15, 0.2) is 42.5 Å². The number of benzene rings is 2. The number of amides is 1. The SMILES string of the molecule is O=C(NO)c1ccc2c(c1)N(Cc1ccc(OC(F)F)cc1)CC2. The molecule has 1 aliphatic rings. The van der Waals surface area contributed by atoms with Crippen LogP contribution in [0, 0.1) is 0 Å². The molecule has 0 aliphatic carbocycles. The summed E-state index contributed by atoms with van der Waals surface area (Å²) >= 11 is 0. The molecule has 1 amide bonds. The van der Waals surface area contributed by atoms with Crippen molar-refractivity contribution in [1.82, 2.24) is 5.48 Å². The van der Waals surface area contributed by atoms with Crippen molar-refractivity contribution in [1.29, 1.82) is 0 Å². The summed E-state index contributed by atoms with van der Waals surface area (Å²) in [5, 5.41) is 8.75. The van der Waals surface area contributed by atoms with Crippen LogP contribution in [0.3, 0.4) is 0 Å². The lowest BCUT2D eigenvalue weighted by Gasteiger charge is -2.20. The predicted octanol–water partition coefficient (Wildman–Crippen LogP) is 2.97. The van der Waals surface area contributed by atoms with E-state index in [0.29, 0.717) is 12.1 Å². The number of hydroxylamine groups is 1. The van der Waals surface area contributed by atoms with E-state index in [-0.39, 0.29) is 5.75 Å². The second kappa shape index (κ2) is 6.84. The molecule has 0 saturated carbocycles. The monoisotopic (exact) mass is 334 g/mol. The molecule has 0 spiro atoms. The lowest BCUT2D eigenvalue weighted by Crippen LogP contribution is -2.21. The summed E-state index contributed by atoms with van der Waals surface area (Å²) in [5.74, 6) is -0.435. The summed E-state index contributed by atoms with van der Waals surface area (Å²) in [7, 11) is 0. The zero-order chi connectivity index (χ0) is 17.1. The number of carbonyl (C=O) groups is 1. The standard InChI is InChI=1S/C17H16F2N2O3/c18-17(19)24-14-5-1-11(2-6-14)10-21-8-7-12-3-4-13(9-15(12)21)16(22)20-23/h1-6,9,17,23H,7-8,10H2,(H,20,22). The highest BCUT2D eigenvalue weighted by atomic mass is 19.3. The molecular weight excluding hydrogens is 318 g/mol. The number of fused-ring (bicyclic) bond motifs is 1. The number of halogens is 2. The molecule has 0 saturated heterocycles. The van der Waals surface area contributed by atoms with Crippen LogP contribution < -0.4 is 15.1 Å². The number of rotatable bonds is 5. The fourth-order valence-electron chi connectivity index (χ4n) is 2.81. The van der Waals surface area contributed by atoms with E-state index in [4.69, 9.17) is 5.21 Å². The molecule has 126 valence electrons. The first-order valence-corrected chi connectivity index (χ1v) is 7.43. The van der Waals surface area contributed by atoms with Gasteiger partial charge in [-0.25, -0.2) is 5.48 Å². The van der Waals surface area contributed by atoms with Crippen molar-refractivity contribution in [2.75, 3.05) is 11.4 Å². The largest absolute Gasteiger partial charge is 0.435 e. The smallest absolute Gasteiger partial charge is 0.387 e. The maximum atomic E-state index is 12.2. The van der Waals surface area contributed by atoms with E-state index in [9.17, 15) is 13.6 Å². The average Bonchev–Trinajstić information content (AvgIpc) is 2.97. The summed E-state index contributed by atoms with van der Waals surface area (Å²) in [4.78, 5) is 13.7. The number of alkyl halides is 2. The third-order valence-corrected chi connectivity index (χ3v) is 3.96. The molecule has 2 N–H and O–H groups in total. The Bertz CT molecular complexity index is 735. The molecule has 24 heavy (non-hydrogen) atoms. The Morgan fingerprint density at radius 3 is 2.67 bits per heavy atom. The van der Waals surface area contributed by atoms with Crippen LogP contribution in [-0.2, 0) is 13.0 Å². The van der Waals surface area contributed by atoms with Crippen LogP contribution in [0.4, 0.5) is 14.5 Å². The van der Waals surface area contributed by atoms with Crippen molar-refractivity contribution in [2.24, 2.45) is 0 Å². The predicted molar refractivity (Wildman–Crippen MR) is 83.5 cm³/mol. The van der Waals surface area contributed by atoms with E-state index in [2.05, 4.69) is 9.64 Å². The van der Waals surface area contributed by atoms with Gasteiger partial charge in [-0.3, -0.25) is 10.0 Å². The Hall–Kier alpha value is -2.67. The van der Waals surface area contributed by atoms with Crippen molar-refractivity contribution >= 4 is 11.6 Å². The van der Waals surface area contributed by atoms with Gasteiger partial charge < -0.3 is 9.64 Å². The molecule has 7 heteroatoms. The second-order valence-electron chi connectivity index (χ2n) is 5.48. The Morgan fingerprint density at radius 1 is 1.25 bits per heavy atom. The fourth-order valence-corrected chi connectivity index (χ4v) is 2.81. The molecule has 1 aliphatic heterocycles. The van der Waals surface area contributed by atoms with Crippen LogP contribution in [-0.4, -0.2) is 24.3 Å². The third-order valence-electron chi connectivity index (χ3n) is 3.96. The van der Waals surface area contributed by atoms with Crippen molar-refractivity contribution in [2.45, 2.75) is 19.6 Å². The summed E-state index contributed by atoms with van der Waals surface area (Å²) < 4.78 is 28.7. The van der Waals surface area contributed by atoms with Gasteiger partial charge in [-0.05, 0) is 41.8 Å². The number of anilines is 1. The molecule has 2 aromatic carbocycles. The minimum Gasteiger partial charge on any atom is -0.435 e. The zero-order valence-corrected chi connectivity index (χ0v) is 12.7. The van der Waals surface area contributed by atoms with E-state index in [1.807, 2.05) is 6.07 Å². The number of nitrogens with one attached hydrogen (secondary N) is 1. The molecule has 0 bridgehead atoms. The molecule has 1 heterocycles. The molecular formula is C17H16F2N2O3. The molecule has 0 fully saturated rings. The summed E-state index contributed by atoms with van der Waals surface area (Å²) in [6, 6.07) is 11.8. The Balaban J connectivity index is 1.75. The van der Waals surface area contributed by atoms with Crippen LogP contribution >= 0.6 is 0 Å². The van der Waals surface area contributed by atoms with Gasteiger partial charge in [0.2, 0.25) is 0 Å². The molecule has 2 aromatic rings. The molecule has 0 unspecified atom stereocenters. The minimum atomic E-state index is -2.84. The van der Waals surface area contributed by atoms with Crippen molar-refractivity contribution in [3.8, 4) is 5.75 Å². The number of ether oxygens (including phenoxy) is 1. The molecule has 3 rings (SSSR count). The Labute approximate surface area is 137 Å². The van der Waals surface area contributed by atoms with Gasteiger partial charge in [-0.2, -0.15) is 8.78 Å². The molecule has 5 nitrogen and oxygen atoms in total. The maximum absolute atomic E-state index is 12.2. The highest BCUT2D eigenvalue weighted by Crippen LogP contribution is 2.30. The number of hydrogen-bond donors (Lipinski definition) is 2. The van der Waals surface area contributed by atoms with E-state index in [1.54, 1.807) is 29.7 Å². The third kappa shape index (κ3) is 3.46. The Kier molecular flexibility index (Phi) is 4.61. The van der Waals surface area contributed by atoms with Crippen LogP contribution in [0.25, 0.3) is 0 Å². The lowest BCUT2D eigenvalue weighted by atomic mass is 10.1. The summed E-state index contributed by atoms with van der Waals surface area (Å²) in [6.07, 6.45) is 0.864. The summed E-state index contributed by atoms with van der Waals surface area (Å²) in [5.41, 5.74) is 5.01. The maximum Gasteiger partial charge on any atom is 0.387 e. The van der Waals surface area contributed by atoms with Gasteiger partial charge in [0.25, 0.3) is 5.91 Å². The normalized spacial score (nSPS) is 13.1. The number of carbonyl (C=O) groups excluding carboxylic acids is 1. The quantitative estimate of drug-likeness (QED) is 0.652. The average molecular weight is 334 g/mol.